The van der Waals surface area contributed by atoms with Gasteiger partial charge in [-0.1, -0.05) is 54.1 Å². The van der Waals surface area contributed by atoms with E-state index in [0.717, 1.165) is 12.8 Å². The summed E-state index contributed by atoms with van der Waals surface area (Å²) >= 11 is 6.13. The lowest BCUT2D eigenvalue weighted by molar-refractivity contribution is -0.145. The summed E-state index contributed by atoms with van der Waals surface area (Å²) in [4.78, 5) is 40.7. The second kappa shape index (κ2) is 10.8. The Bertz CT molecular complexity index is 888. The van der Waals surface area contributed by atoms with Gasteiger partial charge in [-0.2, -0.15) is 0 Å². The lowest BCUT2D eigenvalue weighted by atomic mass is 10.1. The van der Waals surface area contributed by atoms with Crippen LogP contribution in [0, 0.1) is 0 Å². The van der Waals surface area contributed by atoms with Crippen LogP contribution in [0.5, 0.6) is 0 Å². The smallest absolute Gasteiger partial charge is 0.311 e. The summed E-state index contributed by atoms with van der Waals surface area (Å²) < 4.78 is 0. The molecule has 0 saturated carbocycles. The van der Waals surface area contributed by atoms with Gasteiger partial charge < -0.3 is 15.1 Å². The first kappa shape index (κ1) is 21.8. The third-order valence-electron chi connectivity index (χ3n) is 5.14. The van der Waals surface area contributed by atoms with Crippen molar-refractivity contribution in [3.63, 3.8) is 0 Å². The summed E-state index contributed by atoms with van der Waals surface area (Å²) in [5.41, 5.74) is 1.66. The number of nitrogens with zero attached hydrogens (tertiary/aromatic N) is 2. The summed E-state index contributed by atoms with van der Waals surface area (Å²) in [6, 6.07) is 16.9. The molecule has 0 aromatic heterocycles. The number of amides is 3. The molecule has 0 radical (unpaired) electrons. The van der Waals surface area contributed by atoms with E-state index in [2.05, 4.69) is 5.32 Å². The van der Waals surface area contributed by atoms with Gasteiger partial charge in [0, 0.05) is 32.7 Å². The summed E-state index contributed by atoms with van der Waals surface area (Å²) in [6.07, 6.45) is 2.23. The monoisotopic (exact) mass is 427 g/mol. The zero-order valence-corrected chi connectivity index (χ0v) is 17.6. The number of benzene rings is 2. The predicted octanol–water partition coefficient (Wildman–Crippen LogP) is 2.76. The standard InChI is InChI=1S/C23H26ClN3O3/c24-20-12-5-4-11-19(20)22(29)26-14-7-15-27(17-16-26)23(30)21(28)25-13-6-10-18-8-2-1-3-9-18/h1-5,8-9,11-12H,6-7,10,13-17H2,(H,25,28). The van der Waals surface area contributed by atoms with Crippen LogP contribution in [0.1, 0.15) is 28.8 Å². The maximum Gasteiger partial charge on any atom is 0.311 e. The SMILES string of the molecule is O=C(NCCCc1ccccc1)C(=O)N1CCCN(C(=O)c2ccccc2Cl)CC1. The molecule has 1 aliphatic heterocycles. The highest BCUT2D eigenvalue weighted by molar-refractivity contribution is 6.35. The number of carbonyl (C=O) groups excluding carboxylic acids is 3. The van der Waals surface area contributed by atoms with E-state index in [1.165, 1.54) is 10.5 Å². The summed E-state index contributed by atoms with van der Waals surface area (Å²) in [6.45, 7) is 2.11. The van der Waals surface area contributed by atoms with Gasteiger partial charge in [-0.05, 0) is 37.0 Å². The maximum atomic E-state index is 12.7. The molecule has 1 saturated heterocycles. The number of nitrogens with one attached hydrogen (secondary N) is 1. The largest absolute Gasteiger partial charge is 0.348 e. The molecule has 1 aliphatic rings. The van der Waals surface area contributed by atoms with Crippen molar-refractivity contribution >= 4 is 29.3 Å². The molecule has 0 bridgehead atoms. The molecule has 0 aliphatic carbocycles. The lowest BCUT2D eigenvalue weighted by Crippen LogP contribution is -2.45. The van der Waals surface area contributed by atoms with Crippen LogP contribution < -0.4 is 5.32 Å². The van der Waals surface area contributed by atoms with Crippen molar-refractivity contribution in [1.29, 1.82) is 0 Å². The third kappa shape index (κ3) is 5.83. The van der Waals surface area contributed by atoms with Crippen molar-refractivity contribution in [3.8, 4) is 0 Å². The highest BCUT2D eigenvalue weighted by Gasteiger charge is 2.26. The van der Waals surface area contributed by atoms with Gasteiger partial charge in [-0.3, -0.25) is 14.4 Å². The average molecular weight is 428 g/mol. The molecule has 6 nitrogen and oxygen atoms in total. The van der Waals surface area contributed by atoms with Crippen molar-refractivity contribution in [3.05, 3.63) is 70.7 Å². The lowest BCUT2D eigenvalue weighted by Gasteiger charge is -2.22. The molecule has 2 aromatic carbocycles. The molecule has 2 aromatic rings. The number of aryl methyl sites for hydroxylation is 1. The fourth-order valence-corrected chi connectivity index (χ4v) is 3.70. The molecule has 1 heterocycles. The first-order valence-corrected chi connectivity index (χ1v) is 10.6. The van der Waals surface area contributed by atoms with E-state index < -0.39 is 11.8 Å². The van der Waals surface area contributed by atoms with Crippen LogP contribution in [0.4, 0.5) is 0 Å². The van der Waals surface area contributed by atoms with Gasteiger partial charge in [-0.25, -0.2) is 0 Å². The van der Waals surface area contributed by atoms with Gasteiger partial charge in [0.2, 0.25) is 0 Å². The molecule has 7 heteroatoms. The Hall–Kier alpha value is -2.86. The van der Waals surface area contributed by atoms with E-state index in [-0.39, 0.29) is 5.91 Å². The van der Waals surface area contributed by atoms with Crippen LogP contribution >= 0.6 is 11.6 Å². The quantitative estimate of drug-likeness (QED) is 0.589. The van der Waals surface area contributed by atoms with Crippen LogP contribution in [0.15, 0.2) is 54.6 Å². The highest BCUT2D eigenvalue weighted by Crippen LogP contribution is 2.18. The van der Waals surface area contributed by atoms with Gasteiger partial charge in [-0.15, -0.1) is 0 Å². The van der Waals surface area contributed by atoms with Gasteiger partial charge >= 0.3 is 11.8 Å². The molecular formula is C23H26ClN3O3. The molecule has 30 heavy (non-hydrogen) atoms. The fraction of sp³-hybridized carbons (Fsp3) is 0.348. The molecule has 1 fully saturated rings. The molecule has 3 amide bonds. The zero-order chi connectivity index (χ0) is 21.3. The minimum absolute atomic E-state index is 0.153. The number of rotatable bonds is 5. The van der Waals surface area contributed by atoms with Gasteiger partial charge in [0.1, 0.15) is 0 Å². The molecule has 0 spiro atoms. The van der Waals surface area contributed by atoms with Crippen molar-refractivity contribution in [2.45, 2.75) is 19.3 Å². The average Bonchev–Trinajstić information content (AvgIpc) is 3.03. The van der Waals surface area contributed by atoms with Crippen LogP contribution in [-0.4, -0.2) is 60.2 Å². The van der Waals surface area contributed by atoms with Gasteiger partial charge in [0.15, 0.2) is 0 Å². The van der Waals surface area contributed by atoms with Gasteiger partial charge in [0.25, 0.3) is 5.91 Å². The van der Waals surface area contributed by atoms with Crippen LogP contribution in [0.25, 0.3) is 0 Å². The van der Waals surface area contributed by atoms with E-state index in [9.17, 15) is 14.4 Å². The minimum atomic E-state index is -0.589. The molecule has 3 rings (SSSR count). The maximum absolute atomic E-state index is 12.7. The topological polar surface area (TPSA) is 69.7 Å². The van der Waals surface area contributed by atoms with E-state index in [1.807, 2.05) is 30.3 Å². The summed E-state index contributed by atoms with van der Waals surface area (Å²) in [5, 5.41) is 3.12. The van der Waals surface area contributed by atoms with Gasteiger partial charge in [0.05, 0.1) is 10.6 Å². The molecule has 1 N–H and O–H groups in total. The highest BCUT2D eigenvalue weighted by atomic mass is 35.5. The first-order chi connectivity index (χ1) is 14.6. The third-order valence-corrected chi connectivity index (χ3v) is 5.47. The zero-order valence-electron chi connectivity index (χ0n) is 16.9. The Morgan fingerprint density at radius 1 is 0.867 bits per heavy atom. The Morgan fingerprint density at radius 2 is 1.53 bits per heavy atom. The van der Waals surface area contributed by atoms with Crippen molar-refractivity contribution in [1.82, 2.24) is 15.1 Å². The van der Waals surface area contributed by atoms with E-state index in [0.29, 0.717) is 49.7 Å². The normalized spacial score (nSPS) is 14.2. The van der Waals surface area contributed by atoms with E-state index in [1.54, 1.807) is 29.2 Å². The molecule has 158 valence electrons. The Balaban J connectivity index is 1.46. The van der Waals surface area contributed by atoms with Crippen LogP contribution in [0.2, 0.25) is 5.02 Å². The Kier molecular flexibility index (Phi) is 7.85. The van der Waals surface area contributed by atoms with Crippen molar-refractivity contribution in [2.24, 2.45) is 0 Å². The van der Waals surface area contributed by atoms with E-state index >= 15 is 0 Å². The van der Waals surface area contributed by atoms with Crippen molar-refractivity contribution < 1.29 is 14.4 Å². The van der Waals surface area contributed by atoms with Crippen LogP contribution in [-0.2, 0) is 16.0 Å². The summed E-state index contributed by atoms with van der Waals surface area (Å²) in [5.74, 6) is -1.28. The molecular weight excluding hydrogens is 402 g/mol. The second-order valence-electron chi connectivity index (χ2n) is 7.26. The summed E-state index contributed by atoms with van der Waals surface area (Å²) in [7, 11) is 0. The Morgan fingerprint density at radius 3 is 2.30 bits per heavy atom. The fourth-order valence-electron chi connectivity index (χ4n) is 3.49. The second-order valence-corrected chi connectivity index (χ2v) is 7.67. The number of carbonyl (C=O) groups is 3. The van der Waals surface area contributed by atoms with Crippen molar-refractivity contribution in [2.75, 3.05) is 32.7 Å². The number of hydrogen-bond acceptors (Lipinski definition) is 3. The number of hydrogen-bond donors (Lipinski definition) is 1. The van der Waals surface area contributed by atoms with E-state index in [4.69, 9.17) is 11.6 Å². The predicted molar refractivity (Wildman–Crippen MR) is 116 cm³/mol. The number of halogens is 1. The molecule has 0 atom stereocenters. The molecule has 0 unspecified atom stereocenters. The minimum Gasteiger partial charge on any atom is -0.348 e. The Labute approximate surface area is 181 Å². The first-order valence-electron chi connectivity index (χ1n) is 10.2. The van der Waals surface area contributed by atoms with Crippen LogP contribution in [0.3, 0.4) is 0 Å².